The third-order valence-electron chi connectivity index (χ3n) is 3.41. The van der Waals surface area contributed by atoms with E-state index in [2.05, 4.69) is 5.32 Å². The molecule has 0 aromatic rings. The van der Waals surface area contributed by atoms with Gasteiger partial charge in [0.15, 0.2) is 0 Å². The van der Waals surface area contributed by atoms with Crippen LogP contribution in [-0.2, 0) is 9.53 Å². The number of aliphatic hydroxyl groups is 4. The summed E-state index contributed by atoms with van der Waals surface area (Å²) in [4.78, 5) is 10.9. The molecule has 1 aliphatic rings. The number of nitrogens with one attached hydrogen (secondary N) is 1. The monoisotopic (exact) mass is 349 g/mol. The number of halogens is 3. The summed E-state index contributed by atoms with van der Waals surface area (Å²) in [6, 6.07) is -2.10. The van der Waals surface area contributed by atoms with E-state index in [4.69, 9.17) is 26.6 Å². The maximum Gasteiger partial charge on any atom is 0.320 e. The first-order valence-corrected chi connectivity index (χ1v) is 6.89. The first kappa shape index (κ1) is 19.4. The van der Waals surface area contributed by atoms with E-state index in [1.165, 1.54) is 0 Å². The minimum atomic E-state index is -3.87. The second-order valence-electron chi connectivity index (χ2n) is 4.94. The van der Waals surface area contributed by atoms with Crippen LogP contribution in [0.15, 0.2) is 0 Å². The van der Waals surface area contributed by atoms with Crippen LogP contribution in [0, 0.1) is 0 Å². The third-order valence-corrected chi connectivity index (χ3v) is 3.56. The number of carbonyl (C=O) groups is 1. The SMILES string of the molecule is O=C(O)C(CC(F)(F)[C@H]1O[C@H](CO)[C@H](O)[C@H](O)[C@H]1O)NCCl. The maximum atomic E-state index is 14.2. The largest absolute Gasteiger partial charge is 0.480 e. The number of aliphatic hydroxyl groups excluding tert-OH is 4. The van der Waals surface area contributed by atoms with Crippen molar-refractivity contribution in [2.24, 2.45) is 0 Å². The number of hydrogen-bond donors (Lipinski definition) is 6. The van der Waals surface area contributed by atoms with Gasteiger partial charge >= 0.3 is 5.97 Å². The fourth-order valence-electron chi connectivity index (χ4n) is 2.18. The Balaban J connectivity index is 2.91. The predicted molar refractivity (Wildman–Crippen MR) is 68.6 cm³/mol. The van der Waals surface area contributed by atoms with Crippen molar-refractivity contribution >= 4 is 17.6 Å². The highest BCUT2D eigenvalue weighted by Crippen LogP contribution is 2.35. The van der Waals surface area contributed by atoms with Crippen molar-refractivity contribution in [1.82, 2.24) is 5.32 Å². The van der Waals surface area contributed by atoms with Gasteiger partial charge in [-0.2, -0.15) is 0 Å². The van der Waals surface area contributed by atoms with Gasteiger partial charge in [-0.05, 0) is 0 Å². The lowest BCUT2D eigenvalue weighted by atomic mass is 9.89. The van der Waals surface area contributed by atoms with Crippen molar-refractivity contribution in [3.8, 4) is 0 Å². The fraction of sp³-hybridized carbons (Fsp3) is 0.909. The van der Waals surface area contributed by atoms with Crippen LogP contribution < -0.4 is 5.32 Å². The molecule has 1 rings (SSSR count). The van der Waals surface area contributed by atoms with Gasteiger partial charge in [-0.15, -0.1) is 11.6 Å². The summed E-state index contributed by atoms with van der Waals surface area (Å²) in [7, 11) is 0. The Hall–Kier alpha value is -0.620. The van der Waals surface area contributed by atoms with Gasteiger partial charge in [0.25, 0.3) is 5.92 Å². The number of rotatable bonds is 7. The smallest absolute Gasteiger partial charge is 0.320 e. The Kier molecular flexibility index (Phi) is 6.86. The Morgan fingerprint density at radius 2 is 1.86 bits per heavy atom. The zero-order valence-electron chi connectivity index (χ0n) is 11.3. The number of ether oxygens (including phenoxy) is 1. The van der Waals surface area contributed by atoms with Gasteiger partial charge in [0.1, 0.15) is 36.6 Å². The first-order chi connectivity index (χ1) is 10.2. The summed E-state index contributed by atoms with van der Waals surface area (Å²) < 4.78 is 33.1. The van der Waals surface area contributed by atoms with E-state index >= 15 is 0 Å². The summed E-state index contributed by atoms with van der Waals surface area (Å²) in [5.41, 5.74) is 0. The highest BCUT2D eigenvalue weighted by atomic mass is 35.5. The fourth-order valence-corrected chi connectivity index (χ4v) is 2.37. The van der Waals surface area contributed by atoms with Crippen LogP contribution in [-0.4, -0.2) is 86.6 Å². The number of alkyl halides is 3. The summed E-state index contributed by atoms with van der Waals surface area (Å²) >= 11 is 5.27. The number of carboxylic acid groups (broad SMARTS) is 1. The van der Waals surface area contributed by atoms with Crippen LogP contribution in [0.4, 0.5) is 8.78 Å². The average molecular weight is 350 g/mol. The number of carboxylic acids is 1. The molecule has 1 saturated heterocycles. The van der Waals surface area contributed by atoms with Gasteiger partial charge in [-0.3, -0.25) is 10.1 Å². The molecule has 0 radical (unpaired) electrons. The zero-order valence-corrected chi connectivity index (χ0v) is 12.0. The summed E-state index contributed by atoms with van der Waals surface area (Å²) in [5, 5.41) is 48.6. The van der Waals surface area contributed by atoms with Crippen molar-refractivity contribution in [2.45, 2.75) is 48.9 Å². The Bertz CT molecular complexity index is 387. The minimum Gasteiger partial charge on any atom is -0.480 e. The molecule has 1 aliphatic heterocycles. The molecule has 6 N–H and O–H groups in total. The van der Waals surface area contributed by atoms with Gasteiger partial charge in [0, 0.05) is 6.42 Å². The normalized spacial score (nSPS) is 34.4. The molecule has 0 amide bonds. The number of hydrogen-bond acceptors (Lipinski definition) is 7. The molecule has 6 atom stereocenters. The molecule has 0 aromatic carbocycles. The molecule has 11 heteroatoms. The van der Waals surface area contributed by atoms with Crippen LogP contribution in [0.5, 0.6) is 0 Å². The second-order valence-corrected chi connectivity index (χ2v) is 5.21. The quantitative estimate of drug-likeness (QED) is 0.231. The average Bonchev–Trinajstić information content (AvgIpc) is 2.44. The third kappa shape index (κ3) is 4.22. The predicted octanol–water partition coefficient (Wildman–Crippen LogP) is -1.91. The molecule has 0 aromatic heterocycles. The van der Waals surface area contributed by atoms with Crippen molar-refractivity contribution in [1.29, 1.82) is 0 Å². The molecule has 0 spiro atoms. The van der Waals surface area contributed by atoms with E-state index in [-0.39, 0.29) is 6.00 Å². The van der Waals surface area contributed by atoms with Gasteiger partial charge in [-0.1, -0.05) is 0 Å². The van der Waals surface area contributed by atoms with Crippen LogP contribution in [0.25, 0.3) is 0 Å². The molecule has 130 valence electrons. The van der Waals surface area contributed by atoms with Gasteiger partial charge in [0.2, 0.25) is 0 Å². The van der Waals surface area contributed by atoms with Crippen LogP contribution in [0.2, 0.25) is 0 Å². The van der Waals surface area contributed by atoms with Crippen LogP contribution >= 0.6 is 11.6 Å². The topological polar surface area (TPSA) is 139 Å². The van der Waals surface area contributed by atoms with Gasteiger partial charge < -0.3 is 30.3 Å². The minimum absolute atomic E-state index is 0.387. The Morgan fingerprint density at radius 1 is 1.27 bits per heavy atom. The van der Waals surface area contributed by atoms with Crippen LogP contribution in [0.3, 0.4) is 0 Å². The van der Waals surface area contributed by atoms with Gasteiger partial charge in [-0.25, -0.2) is 8.78 Å². The lowest BCUT2D eigenvalue weighted by Crippen LogP contribution is -2.64. The first-order valence-electron chi connectivity index (χ1n) is 6.36. The van der Waals surface area contributed by atoms with Gasteiger partial charge in [0.05, 0.1) is 12.6 Å². The molecule has 0 bridgehead atoms. The molecule has 0 aliphatic carbocycles. The Morgan fingerprint density at radius 3 is 2.32 bits per heavy atom. The lowest BCUT2D eigenvalue weighted by molar-refractivity contribution is -0.282. The van der Waals surface area contributed by atoms with E-state index in [0.29, 0.717) is 0 Å². The molecule has 22 heavy (non-hydrogen) atoms. The van der Waals surface area contributed by atoms with Crippen LogP contribution in [0.1, 0.15) is 6.42 Å². The Labute approximate surface area is 129 Å². The molecule has 8 nitrogen and oxygen atoms in total. The molecule has 1 heterocycles. The highest BCUT2D eigenvalue weighted by Gasteiger charge is 2.55. The molecular formula is C11H18ClF2NO7. The highest BCUT2D eigenvalue weighted by molar-refractivity contribution is 6.17. The maximum absolute atomic E-state index is 14.2. The van der Waals surface area contributed by atoms with E-state index in [0.717, 1.165) is 0 Å². The summed E-state index contributed by atoms with van der Waals surface area (Å²) in [6.45, 7) is -0.861. The van der Waals surface area contributed by atoms with E-state index in [1.807, 2.05) is 0 Å². The number of aliphatic carboxylic acids is 1. The molecule has 1 unspecified atom stereocenters. The second kappa shape index (κ2) is 7.77. The van der Waals surface area contributed by atoms with E-state index < -0.39 is 61.5 Å². The molecular weight excluding hydrogens is 332 g/mol. The zero-order chi connectivity index (χ0) is 17.1. The van der Waals surface area contributed by atoms with E-state index in [9.17, 15) is 28.9 Å². The van der Waals surface area contributed by atoms with Crippen molar-refractivity contribution < 1.29 is 43.8 Å². The molecule has 0 saturated carbocycles. The molecule has 1 fully saturated rings. The van der Waals surface area contributed by atoms with Crippen molar-refractivity contribution in [3.05, 3.63) is 0 Å². The van der Waals surface area contributed by atoms with E-state index in [1.54, 1.807) is 0 Å². The van der Waals surface area contributed by atoms with Crippen molar-refractivity contribution in [3.63, 3.8) is 0 Å². The lowest BCUT2D eigenvalue weighted by Gasteiger charge is -2.43. The summed E-state index contributed by atoms with van der Waals surface area (Å²) in [5.74, 6) is -5.44. The summed E-state index contributed by atoms with van der Waals surface area (Å²) in [6.07, 6.45) is -11.0. The standard InChI is InChI=1S/C11H18ClF2NO7/c12-3-15-4(10(20)21)1-11(13,14)9-8(19)7(18)6(17)5(2-16)22-9/h4-9,15-19H,1-3H2,(H,20,21)/t4?,5-,6+,7+,8-,9+/m1/s1. The van der Waals surface area contributed by atoms with Crippen molar-refractivity contribution in [2.75, 3.05) is 12.6 Å².